The molecule has 0 aliphatic rings. The number of pyridine rings is 1. The van der Waals surface area contributed by atoms with Crippen LogP contribution in [0.3, 0.4) is 0 Å². The molecule has 0 aliphatic heterocycles. The first kappa shape index (κ1) is 19.7. The van der Waals surface area contributed by atoms with Gasteiger partial charge in [0.25, 0.3) is 0 Å². The topological polar surface area (TPSA) is 131 Å². The van der Waals surface area contributed by atoms with E-state index in [-0.39, 0.29) is 40.9 Å². The largest absolute Gasteiger partial charge is 0.462 e. The van der Waals surface area contributed by atoms with Crippen molar-refractivity contribution < 1.29 is 23.5 Å². The molecule has 1 aromatic carbocycles. The summed E-state index contributed by atoms with van der Waals surface area (Å²) in [7, 11) is 0. The number of hydrogen-bond donors (Lipinski definition) is 2. The van der Waals surface area contributed by atoms with Gasteiger partial charge in [0.2, 0.25) is 11.5 Å². The standard InChI is InChI=1S/C21H19N3O5S/c1-3-27-20(25)16-14(22)12-11(10-8-6-5-7-9-10)13-15(23)17(21(26)28-4-2)30-19(13)24-18(12)29-16/h5-9H,3-4,22-23H2,1-2H3. The minimum absolute atomic E-state index is 0.111. The molecule has 3 aromatic heterocycles. The van der Waals surface area contributed by atoms with Gasteiger partial charge in [-0.05, 0) is 19.4 Å². The summed E-state index contributed by atoms with van der Waals surface area (Å²) in [6, 6.07) is 9.37. The highest BCUT2D eigenvalue weighted by Gasteiger charge is 2.28. The first-order valence-corrected chi connectivity index (χ1v) is 10.1. The van der Waals surface area contributed by atoms with E-state index >= 15 is 0 Å². The van der Waals surface area contributed by atoms with Gasteiger partial charge in [0.1, 0.15) is 9.71 Å². The Hall–Kier alpha value is -3.59. The number of hydrogen-bond acceptors (Lipinski definition) is 9. The quantitative estimate of drug-likeness (QED) is 0.454. The summed E-state index contributed by atoms with van der Waals surface area (Å²) >= 11 is 1.10. The fourth-order valence-corrected chi connectivity index (χ4v) is 4.30. The van der Waals surface area contributed by atoms with E-state index in [0.29, 0.717) is 21.2 Å². The SMILES string of the molecule is CCOC(=O)c1oc2nc3sc(C(=O)OCC)c(N)c3c(-c3ccccc3)c2c1N. The van der Waals surface area contributed by atoms with Gasteiger partial charge in [0.05, 0.1) is 30.0 Å². The molecule has 30 heavy (non-hydrogen) atoms. The molecule has 0 atom stereocenters. The van der Waals surface area contributed by atoms with E-state index in [1.54, 1.807) is 13.8 Å². The van der Waals surface area contributed by atoms with Gasteiger partial charge >= 0.3 is 11.9 Å². The molecule has 8 nitrogen and oxygen atoms in total. The van der Waals surface area contributed by atoms with E-state index in [2.05, 4.69) is 4.98 Å². The fourth-order valence-electron chi connectivity index (χ4n) is 3.31. The molecule has 4 rings (SSSR count). The minimum Gasteiger partial charge on any atom is -0.462 e. The lowest BCUT2D eigenvalue weighted by Crippen LogP contribution is -2.06. The molecular weight excluding hydrogens is 406 g/mol. The zero-order valence-electron chi connectivity index (χ0n) is 16.4. The number of anilines is 2. The highest BCUT2D eigenvalue weighted by molar-refractivity contribution is 7.21. The van der Waals surface area contributed by atoms with Gasteiger partial charge in [0, 0.05) is 10.9 Å². The Morgan fingerprint density at radius 2 is 1.67 bits per heavy atom. The van der Waals surface area contributed by atoms with Crippen LogP contribution in [0, 0.1) is 0 Å². The number of carbonyl (C=O) groups excluding carboxylic acids is 2. The first-order valence-electron chi connectivity index (χ1n) is 9.31. The molecule has 0 bridgehead atoms. The van der Waals surface area contributed by atoms with Crippen LogP contribution in [0.25, 0.3) is 32.4 Å². The normalized spacial score (nSPS) is 11.1. The van der Waals surface area contributed by atoms with E-state index in [1.807, 2.05) is 30.3 Å². The third kappa shape index (κ3) is 3.03. The Kier molecular flexibility index (Phi) is 5.04. The Labute approximate surface area is 175 Å². The van der Waals surface area contributed by atoms with Crippen LogP contribution in [-0.4, -0.2) is 30.1 Å². The van der Waals surface area contributed by atoms with Crippen molar-refractivity contribution in [2.45, 2.75) is 13.8 Å². The van der Waals surface area contributed by atoms with Crippen LogP contribution in [0.1, 0.15) is 34.1 Å². The molecule has 4 N–H and O–H groups in total. The lowest BCUT2D eigenvalue weighted by molar-refractivity contribution is 0.0492. The lowest BCUT2D eigenvalue weighted by atomic mass is 9.98. The number of aromatic nitrogens is 1. The van der Waals surface area contributed by atoms with Crippen molar-refractivity contribution in [3.05, 3.63) is 41.0 Å². The highest BCUT2D eigenvalue weighted by atomic mass is 32.1. The second-order valence-corrected chi connectivity index (χ2v) is 7.34. The van der Waals surface area contributed by atoms with Crippen molar-refractivity contribution in [2.75, 3.05) is 24.7 Å². The maximum absolute atomic E-state index is 12.4. The molecule has 0 radical (unpaired) electrons. The number of furan rings is 1. The number of carbonyl (C=O) groups is 2. The van der Waals surface area contributed by atoms with Gasteiger partial charge in [-0.3, -0.25) is 0 Å². The molecule has 9 heteroatoms. The van der Waals surface area contributed by atoms with Crippen LogP contribution >= 0.6 is 11.3 Å². The second kappa shape index (κ2) is 7.68. The molecule has 0 saturated heterocycles. The summed E-state index contributed by atoms with van der Waals surface area (Å²) in [5, 5.41) is 1.00. The van der Waals surface area contributed by atoms with Gasteiger partial charge in [-0.1, -0.05) is 30.3 Å². The van der Waals surface area contributed by atoms with Crippen LogP contribution in [0.2, 0.25) is 0 Å². The number of nitrogen functional groups attached to an aromatic ring is 2. The number of benzene rings is 1. The Morgan fingerprint density at radius 1 is 1.00 bits per heavy atom. The predicted octanol–water partition coefficient (Wildman–Crippen LogP) is 4.23. The second-order valence-electron chi connectivity index (χ2n) is 6.34. The average Bonchev–Trinajstić information content (AvgIpc) is 3.25. The van der Waals surface area contributed by atoms with Crippen LogP contribution in [0.4, 0.5) is 11.4 Å². The van der Waals surface area contributed by atoms with E-state index in [4.69, 9.17) is 25.4 Å². The van der Waals surface area contributed by atoms with E-state index in [9.17, 15) is 9.59 Å². The Balaban J connectivity index is 2.10. The lowest BCUT2D eigenvalue weighted by Gasteiger charge is -2.07. The van der Waals surface area contributed by atoms with Crippen LogP contribution in [-0.2, 0) is 9.47 Å². The first-order chi connectivity index (χ1) is 14.5. The van der Waals surface area contributed by atoms with Crippen molar-refractivity contribution in [1.29, 1.82) is 0 Å². The van der Waals surface area contributed by atoms with Gasteiger partial charge in [-0.25, -0.2) is 14.6 Å². The number of rotatable bonds is 5. The number of esters is 2. The summed E-state index contributed by atoms with van der Waals surface area (Å²) in [6.07, 6.45) is 0. The van der Waals surface area contributed by atoms with Gasteiger partial charge in [0.15, 0.2) is 0 Å². The molecule has 0 spiro atoms. The highest BCUT2D eigenvalue weighted by Crippen LogP contribution is 2.46. The molecular formula is C21H19N3O5S. The van der Waals surface area contributed by atoms with Crippen molar-refractivity contribution in [1.82, 2.24) is 4.98 Å². The van der Waals surface area contributed by atoms with E-state index in [0.717, 1.165) is 16.9 Å². The predicted molar refractivity (Wildman–Crippen MR) is 116 cm³/mol. The van der Waals surface area contributed by atoms with Gasteiger partial charge < -0.3 is 25.4 Å². The van der Waals surface area contributed by atoms with Crippen molar-refractivity contribution in [3.8, 4) is 11.1 Å². The maximum Gasteiger partial charge on any atom is 0.376 e. The van der Waals surface area contributed by atoms with Gasteiger partial charge in [-0.15, -0.1) is 11.3 Å². The number of nitrogens with zero attached hydrogens (tertiary/aromatic N) is 1. The minimum atomic E-state index is -0.671. The van der Waals surface area contributed by atoms with Gasteiger partial charge in [-0.2, -0.15) is 0 Å². The Morgan fingerprint density at radius 3 is 2.33 bits per heavy atom. The van der Waals surface area contributed by atoms with E-state index < -0.39 is 11.9 Å². The van der Waals surface area contributed by atoms with Crippen LogP contribution in [0.5, 0.6) is 0 Å². The third-order valence-electron chi connectivity index (χ3n) is 4.54. The number of thiophene rings is 1. The molecule has 0 unspecified atom stereocenters. The summed E-state index contributed by atoms with van der Waals surface area (Å²) < 4.78 is 15.8. The smallest absolute Gasteiger partial charge is 0.376 e. The third-order valence-corrected chi connectivity index (χ3v) is 5.62. The van der Waals surface area contributed by atoms with E-state index in [1.165, 1.54) is 0 Å². The van der Waals surface area contributed by atoms with Crippen molar-refractivity contribution >= 4 is 56.0 Å². The summed E-state index contributed by atoms with van der Waals surface area (Å²) in [6.45, 7) is 3.82. The van der Waals surface area contributed by atoms with Crippen LogP contribution in [0.15, 0.2) is 34.7 Å². The zero-order chi connectivity index (χ0) is 21.4. The monoisotopic (exact) mass is 425 g/mol. The number of nitrogens with two attached hydrogens (primary N) is 2. The summed E-state index contributed by atoms with van der Waals surface area (Å²) in [5.41, 5.74) is 14.6. The van der Waals surface area contributed by atoms with Crippen molar-refractivity contribution in [2.24, 2.45) is 0 Å². The van der Waals surface area contributed by atoms with Crippen LogP contribution < -0.4 is 11.5 Å². The molecule has 4 aromatic rings. The Bertz CT molecular complexity index is 1200. The summed E-state index contributed by atoms with van der Waals surface area (Å²) in [4.78, 5) is 29.9. The van der Waals surface area contributed by atoms with Crippen molar-refractivity contribution in [3.63, 3.8) is 0 Å². The molecule has 3 heterocycles. The zero-order valence-corrected chi connectivity index (χ0v) is 17.2. The molecule has 0 fully saturated rings. The average molecular weight is 425 g/mol. The number of ether oxygens (including phenoxy) is 2. The maximum atomic E-state index is 12.4. The molecule has 0 amide bonds. The summed E-state index contributed by atoms with van der Waals surface area (Å²) in [5.74, 6) is -1.30. The molecule has 0 saturated carbocycles. The fraction of sp³-hybridized carbons (Fsp3) is 0.190. The molecule has 0 aliphatic carbocycles. The number of fused-ring (bicyclic) bond motifs is 2. The molecule has 154 valence electrons.